The summed E-state index contributed by atoms with van der Waals surface area (Å²) < 4.78 is 0. The van der Waals surface area contributed by atoms with Gasteiger partial charge in [-0.1, -0.05) is 19.9 Å². The number of aromatic nitrogens is 1. The molecule has 0 aliphatic carbocycles. The molecule has 2 rings (SSSR count). The topological polar surface area (TPSA) is 33.1 Å². The number of aliphatic hydroxyl groups is 1. The van der Waals surface area contributed by atoms with Crippen LogP contribution in [0.1, 0.15) is 41.0 Å². The molecule has 1 N–H and O–H groups in total. The van der Waals surface area contributed by atoms with Crippen LogP contribution < -0.4 is 0 Å². The molecule has 2 aromatic rings. The van der Waals surface area contributed by atoms with Crippen molar-refractivity contribution in [1.82, 2.24) is 4.98 Å². The van der Waals surface area contributed by atoms with Crippen LogP contribution in [-0.2, 0) is 19.3 Å². The van der Waals surface area contributed by atoms with E-state index in [0.29, 0.717) is 6.42 Å². The van der Waals surface area contributed by atoms with E-state index in [2.05, 4.69) is 31.0 Å². The van der Waals surface area contributed by atoms with Crippen LogP contribution in [0, 0.1) is 0 Å². The average Bonchev–Trinajstić information content (AvgIpc) is 2.86. The molecule has 0 aliphatic rings. The molecule has 1 atom stereocenters. The summed E-state index contributed by atoms with van der Waals surface area (Å²) in [5.41, 5.74) is 1.96. The minimum Gasteiger partial charge on any atom is -0.386 e. The summed E-state index contributed by atoms with van der Waals surface area (Å²) in [6.07, 6.45) is 3.89. The van der Waals surface area contributed by atoms with Gasteiger partial charge in [-0.25, -0.2) is 0 Å². The second-order valence-electron chi connectivity index (χ2n) is 4.34. The molecule has 3 heteroatoms. The van der Waals surface area contributed by atoms with Crippen LogP contribution in [0.2, 0.25) is 0 Å². The molecule has 18 heavy (non-hydrogen) atoms. The summed E-state index contributed by atoms with van der Waals surface area (Å²) in [7, 11) is 0. The summed E-state index contributed by atoms with van der Waals surface area (Å²) in [6, 6.07) is 8.22. The van der Waals surface area contributed by atoms with Crippen LogP contribution in [-0.4, -0.2) is 10.1 Å². The van der Waals surface area contributed by atoms with E-state index < -0.39 is 6.10 Å². The highest BCUT2D eigenvalue weighted by Gasteiger charge is 2.14. The Hall–Kier alpha value is -1.19. The molecule has 0 amide bonds. The number of aryl methyl sites for hydroxylation is 2. The standard InChI is InChI=1S/C15H19NOS/c1-3-11-6-5-9-16-15(11)14(17)10-13-8-7-12(4-2)18-13/h5-9,14,17H,3-4,10H2,1-2H3. The van der Waals surface area contributed by atoms with Gasteiger partial charge in [0.05, 0.1) is 5.69 Å². The Bertz CT molecular complexity index is 507. The van der Waals surface area contributed by atoms with E-state index in [4.69, 9.17) is 0 Å². The highest BCUT2D eigenvalue weighted by Crippen LogP contribution is 2.25. The monoisotopic (exact) mass is 261 g/mol. The molecule has 0 aromatic carbocycles. The number of thiophene rings is 1. The first-order valence-electron chi connectivity index (χ1n) is 6.44. The van der Waals surface area contributed by atoms with E-state index in [0.717, 1.165) is 24.1 Å². The van der Waals surface area contributed by atoms with Gasteiger partial charge in [0.2, 0.25) is 0 Å². The SMILES string of the molecule is CCc1ccc(CC(O)c2ncccc2CC)s1. The van der Waals surface area contributed by atoms with E-state index in [1.54, 1.807) is 17.5 Å². The van der Waals surface area contributed by atoms with Crippen molar-refractivity contribution in [3.63, 3.8) is 0 Å². The predicted molar refractivity (Wildman–Crippen MR) is 76.0 cm³/mol. The number of aliphatic hydroxyl groups excluding tert-OH is 1. The molecule has 1 unspecified atom stereocenters. The van der Waals surface area contributed by atoms with Crippen LogP contribution >= 0.6 is 11.3 Å². The second-order valence-corrected chi connectivity index (χ2v) is 5.60. The maximum atomic E-state index is 10.3. The van der Waals surface area contributed by atoms with E-state index >= 15 is 0 Å². The highest BCUT2D eigenvalue weighted by atomic mass is 32.1. The third-order valence-electron chi connectivity index (χ3n) is 3.08. The molecule has 0 radical (unpaired) electrons. The molecule has 0 spiro atoms. The zero-order valence-corrected chi connectivity index (χ0v) is 11.7. The zero-order valence-electron chi connectivity index (χ0n) is 10.9. The zero-order chi connectivity index (χ0) is 13.0. The van der Waals surface area contributed by atoms with Crippen LogP contribution in [0.4, 0.5) is 0 Å². The Morgan fingerprint density at radius 1 is 1.17 bits per heavy atom. The largest absolute Gasteiger partial charge is 0.386 e. The van der Waals surface area contributed by atoms with Crippen molar-refractivity contribution in [1.29, 1.82) is 0 Å². The first-order valence-corrected chi connectivity index (χ1v) is 7.25. The van der Waals surface area contributed by atoms with Gasteiger partial charge in [0.1, 0.15) is 6.10 Å². The quantitative estimate of drug-likeness (QED) is 0.893. The maximum Gasteiger partial charge on any atom is 0.101 e. The van der Waals surface area contributed by atoms with Gasteiger partial charge >= 0.3 is 0 Å². The molecule has 2 nitrogen and oxygen atoms in total. The van der Waals surface area contributed by atoms with Crippen LogP contribution in [0.3, 0.4) is 0 Å². The van der Waals surface area contributed by atoms with Crippen LogP contribution in [0.5, 0.6) is 0 Å². The van der Waals surface area contributed by atoms with Gasteiger partial charge < -0.3 is 5.11 Å². The van der Waals surface area contributed by atoms with Gasteiger partial charge in [-0.05, 0) is 36.6 Å². The Morgan fingerprint density at radius 2 is 1.94 bits per heavy atom. The molecule has 2 heterocycles. The summed E-state index contributed by atoms with van der Waals surface area (Å²) >= 11 is 1.78. The Kier molecular flexibility index (Phi) is 4.50. The van der Waals surface area contributed by atoms with Gasteiger partial charge in [-0.15, -0.1) is 11.3 Å². The van der Waals surface area contributed by atoms with Gasteiger partial charge in [0.25, 0.3) is 0 Å². The lowest BCUT2D eigenvalue weighted by Gasteiger charge is -2.12. The average molecular weight is 261 g/mol. The Labute approximate surface area is 112 Å². The Morgan fingerprint density at radius 3 is 2.61 bits per heavy atom. The fourth-order valence-electron chi connectivity index (χ4n) is 2.06. The van der Waals surface area contributed by atoms with Gasteiger partial charge in [0.15, 0.2) is 0 Å². The van der Waals surface area contributed by atoms with Gasteiger partial charge in [-0.3, -0.25) is 4.98 Å². The molecular weight excluding hydrogens is 242 g/mol. The number of pyridine rings is 1. The molecule has 96 valence electrons. The van der Waals surface area contributed by atoms with Crippen molar-refractivity contribution in [3.8, 4) is 0 Å². The number of hydrogen-bond acceptors (Lipinski definition) is 3. The number of nitrogens with zero attached hydrogens (tertiary/aromatic N) is 1. The minimum atomic E-state index is -0.496. The predicted octanol–water partition coefficient (Wildman–Crippen LogP) is 3.54. The smallest absolute Gasteiger partial charge is 0.101 e. The number of rotatable bonds is 5. The molecule has 0 saturated carbocycles. The van der Waals surface area contributed by atoms with E-state index in [1.807, 2.05) is 12.1 Å². The van der Waals surface area contributed by atoms with Crippen molar-refractivity contribution < 1.29 is 5.11 Å². The summed E-state index contributed by atoms with van der Waals surface area (Å²) in [5.74, 6) is 0. The second kappa shape index (κ2) is 6.12. The van der Waals surface area contributed by atoms with Gasteiger partial charge in [0, 0.05) is 22.4 Å². The number of hydrogen-bond donors (Lipinski definition) is 1. The molecule has 0 bridgehead atoms. The van der Waals surface area contributed by atoms with E-state index in [1.165, 1.54) is 9.75 Å². The Balaban J connectivity index is 2.13. The third kappa shape index (κ3) is 2.98. The van der Waals surface area contributed by atoms with Crippen molar-refractivity contribution in [3.05, 3.63) is 51.5 Å². The molecule has 0 fully saturated rings. The lowest BCUT2D eigenvalue weighted by Crippen LogP contribution is -2.06. The minimum absolute atomic E-state index is 0.496. The summed E-state index contributed by atoms with van der Waals surface area (Å²) in [5, 5.41) is 10.3. The van der Waals surface area contributed by atoms with Crippen LogP contribution in [0.15, 0.2) is 30.5 Å². The molecule has 2 aromatic heterocycles. The van der Waals surface area contributed by atoms with Crippen molar-refractivity contribution >= 4 is 11.3 Å². The van der Waals surface area contributed by atoms with Crippen molar-refractivity contribution in [2.24, 2.45) is 0 Å². The normalized spacial score (nSPS) is 12.6. The molecular formula is C15H19NOS. The van der Waals surface area contributed by atoms with Crippen molar-refractivity contribution in [2.45, 2.75) is 39.2 Å². The third-order valence-corrected chi connectivity index (χ3v) is 4.33. The first kappa shape index (κ1) is 13.2. The van der Waals surface area contributed by atoms with Gasteiger partial charge in [-0.2, -0.15) is 0 Å². The maximum absolute atomic E-state index is 10.3. The fourth-order valence-corrected chi connectivity index (χ4v) is 3.05. The molecule has 0 saturated heterocycles. The molecule has 0 aliphatic heterocycles. The van der Waals surface area contributed by atoms with Crippen LogP contribution in [0.25, 0.3) is 0 Å². The highest BCUT2D eigenvalue weighted by molar-refractivity contribution is 7.11. The lowest BCUT2D eigenvalue weighted by molar-refractivity contribution is 0.173. The lowest BCUT2D eigenvalue weighted by atomic mass is 10.0. The van der Waals surface area contributed by atoms with E-state index in [9.17, 15) is 5.11 Å². The summed E-state index contributed by atoms with van der Waals surface area (Å²) in [6.45, 7) is 4.24. The van der Waals surface area contributed by atoms with Crippen molar-refractivity contribution in [2.75, 3.05) is 0 Å². The van der Waals surface area contributed by atoms with E-state index in [-0.39, 0.29) is 0 Å². The summed E-state index contributed by atoms with van der Waals surface area (Å²) in [4.78, 5) is 6.93. The first-order chi connectivity index (χ1) is 8.74. The fraction of sp³-hybridized carbons (Fsp3) is 0.400.